The Bertz CT molecular complexity index is 774. The molecular formula is C21H24N2O3. The second kappa shape index (κ2) is 8.15. The number of ether oxygens (including phenoxy) is 1. The summed E-state index contributed by atoms with van der Waals surface area (Å²) in [4.78, 5) is 26.7. The van der Waals surface area contributed by atoms with Crippen LogP contribution in [0.2, 0.25) is 0 Å². The van der Waals surface area contributed by atoms with Crippen molar-refractivity contribution in [3.8, 4) is 0 Å². The normalized spacial score (nSPS) is 17.3. The van der Waals surface area contributed by atoms with E-state index in [4.69, 9.17) is 4.74 Å². The zero-order valence-corrected chi connectivity index (χ0v) is 15.1. The predicted octanol–water partition coefficient (Wildman–Crippen LogP) is 2.06. The maximum Gasteiger partial charge on any atom is 0.339 e. The number of hydrogen-bond donors (Lipinski definition) is 1. The van der Waals surface area contributed by atoms with Crippen LogP contribution in [0, 0.1) is 0 Å². The van der Waals surface area contributed by atoms with Crippen molar-refractivity contribution in [3.63, 3.8) is 0 Å². The molecule has 0 bridgehead atoms. The highest BCUT2D eigenvalue weighted by atomic mass is 16.5. The highest BCUT2D eigenvalue weighted by Gasteiger charge is 2.31. The summed E-state index contributed by atoms with van der Waals surface area (Å²) in [5, 5.41) is 2.95. The molecule has 1 heterocycles. The van der Waals surface area contributed by atoms with E-state index in [1.165, 1.54) is 5.56 Å². The average molecular weight is 352 g/mol. The third-order valence-electron chi connectivity index (χ3n) is 4.74. The summed E-state index contributed by atoms with van der Waals surface area (Å²) >= 11 is 0. The Balaban J connectivity index is 1.60. The van der Waals surface area contributed by atoms with Gasteiger partial charge in [0, 0.05) is 19.0 Å². The highest BCUT2D eigenvalue weighted by Crippen LogP contribution is 2.20. The zero-order valence-electron chi connectivity index (χ0n) is 15.1. The van der Waals surface area contributed by atoms with Gasteiger partial charge in [0.2, 0.25) is 0 Å². The van der Waals surface area contributed by atoms with Gasteiger partial charge >= 0.3 is 5.97 Å². The van der Waals surface area contributed by atoms with E-state index in [0.717, 1.165) is 12.0 Å². The first-order valence-electron chi connectivity index (χ1n) is 8.81. The van der Waals surface area contributed by atoms with E-state index in [0.29, 0.717) is 18.5 Å². The van der Waals surface area contributed by atoms with Gasteiger partial charge in [-0.1, -0.05) is 48.5 Å². The quantitative estimate of drug-likeness (QED) is 0.809. The van der Waals surface area contributed by atoms with Gasteiger partial charge in [0.05, 0.1) is 5.56 Å². The summed E-state index contributed by atoms with van der Waals surface area (Å²) < 4.78 is 5.32. The Morgan fingerprint density at radius 1 is 1.15 bits per heavy atom. The van der Waals surface area contributed by atoms with Crippen molar-refractivity contribution >= 4 is 11.9 Å². The Kier molecular flexibility index (Phi) is 5.68. The molecule has 2 atom stereocenters. The second-order valence-corrected chi connectivity index (χ2v) is 6.81. The van der Waals surface area contributed by atoms with Gasteiger partial charge in [-0.3, -0.25) is 4.79 Å². The lowest BCUT2D eigenvalue weighted by molar-refractivity contribution is -0.130. The maximum absolute atomic E-state index is 12.5. The van der Waals surface area contributed by atoms with E-state index in [9.17, 15) is 9.59 Å². The first-order valence-corrected chi connectivity index (χ1v) is 8.81. The number of nitrogens with one attached hydrogen (secondary N) is 1. The second-order valence-electron chi connectivity index (χ2n) is 6.81. The third-order valence-corrected chi connectivity index (χ3v) is 4.74. The van der Waals surface area contributed by atoms with Crippen molar-refractivity contribution in [2.75, 3.05) is 20.6 Å². The lowest BCUT2D eigenvalue weighted by atomic mass is 9.98. The lowest BCUT2D eigenvalue weighted by Crippen LogP contribution is -2.47. The molecule has 0 aliphatic carbocycles. The van der Waals surface area contributed by atoms with E-state index in [1.54, 1.807) is 12.1 Å². The molecule has 0 radical (unpaired) electrons. The third kappa shape index (κ3) is 4.29. The lowest BCUT2D eigenvalue weighted by Gasteiger charge is -2.27. The molecule has 0 fully saturated rings. The first kappa shape index (κ1) is 18.1. The molecule has 1 aliphatic heterocycles. The fourth-order valence-electron chi connectivity index (χ4n) is 3.13. The van der Waals surface area contributed by atoms with Gasteiger partial charge in [0.1, 0.15) is 0 Å². The molecule has 0 saturated heterocycles. The Labute approximate surface area is 154 Å². The number of hydrogen-bond acceptors (Lipinski definition) is 4. The minimum absolute atomic E-state index is 0.160. The van der Waals surface area contributed by atoms with E-state index in [2.05, 4.69) is 22.3 Å². The van der Waals surface area contributed by atoms with Crippen LogP contribution in [-0.2, 0) is 22.4 Å². The SMILES string of the molecule is CN(C)[C@@H](CNC(=O)[C@@H]1Cc2ccccc2C(=O)O1)Cc1ccccc1. The standard InChI is InChI=1S/C21H24N2O3/c1-23(2)17(12-15-8-4-3-5-9-15)14-22-20(24)19-13-16-10-6-7-11-18(16)21(25)26-19/h3-11,17,19H,12-14H2,1-2H3,(H,22,24)/t17-,19+/m1/s1. The molecule has 5 heteroatoms. The summed E-state index contributed by atoms with van der Waals surface area (Å²) in [5.74, 6) is -0.673. The number of nitrogens with zero attached hydrogens (tertiary/aromatic N) is 1. The molecule has 1 aliphatic rings. The van der Waals surface area contributed by atoms with Crippen LogP contribution < -0.4 is 5.32 Å². The summed E-state index contributed by atoms with van der Waals surface area (Å²) in [6, 6.07) is 17.6. The Hall–Kier alpha value is -2.66. The summed E-state index contributed by atoms with van der Waals surface area (Å²) in [6.45, 7) is 0.496. The molecule has 0 spiro atoms. The summed E-state index contributed by atoms with van der Waals surface area (Å²) in [5.41, 5.74) is 2.63. The minimum Gasteiger partial charge on any atom is -0.448 e. The molecule has 1 amide bonds. The van der Waals surface area contributed by atoms with Crippen LogP contribution in [0.5, 0.6) is 0 Å². The molecule has 5 nitrogen and oxygen atoms in total. The number of carbonyl (C=O) groups is 2. The fourth-order valence-corrected chi connectivity index (χ4v) is 3.13. The summed E-state index contributed by atoms with van der Waals surface area (Å²) in [7, 11) is 3.99. The molecule has 0 aromatic heterocycles. The molecular weight excluding hydrogens is 328 g/mol. The number of cyclic esters (lactones) is 1. The van der Waals surface area contributed by atoms with Crippen molar-refractivity contribution in [1.82, 2.24) is 10.2 Å². The molecule has 1 N–H and O–H groups in total. The number of benzene rings is 2. The van der Waals surface area contributed by atoms with Crippen molar-refractivity contribution in [3.05, 3.63) is 71.3 Å². The molecule has 0 unspecified atom stereocenters. The van der Waals surface area contributed by atoms with Crippen LogP contribution in [0.1, 0.15) is 21.5 Å². The largest absolute Gasteiger partial charge is 0.448 e. The molecule has 2 aromatic carbocycles. The Morgan fingerprint density at radius 2 is 1.85 bits per heavy atom. The van der Waals surface area contributed by atoms with Crippen molar-refractivity contribution in [2.45, 2.75) is 25.0 Å². The molecule has 3 rings (SSSR count). The van der Waals surface area contributed by atoms with Gasteiger partial charge in [-0.15, -0.1) is 0 Å². The predicted molar refractivity (Wildman–Crippen MR) is 100.0 cm³/mol. The van der Waals surface area contributed by atoms with Crippen molar-refractivity contribution < 1.29 is 14.3 Å². The van der Waals surface area contributed by atoms with Gasteiger partial charge < -0.3 is 15.0 Å². The number of carbonyl (C=O) groups excluding carboxylic acids is 2. The van der Waals surface area contributed by atoms with Crippen LogP contribution >= 0.6 is 0 Å². The van der Waals surface area contributed by atoms with Crippen LogP contribution in [0.4, 0.5) is 0 Å². The monoisotopic (exact) mass is 352 g/mol. The minimum atomic E-state index is -0.767. The highest BCUT2D eigenvalue weighted by molar-refractivity contribution is 5.95. The molecule has 26 heavy (non-hydrogen) atoms. The smallest absolute Gasteiger partial charge is 0.339 e. The number of likely N-dealkylation sites (N-methyl/N-ethyl adjacent to an activating group) is 1. The van der Waals surface area contributed by atoms with Crippen LogP contribution in [0.3, 0.4) is 0 Å². The topological polar surface area (TPSA) is 58.6 Å². The number of rotatable bonds is 6. The number of fused-ring (bicyclic) bond motifs is 1. The van der Waals surface area contributed by atoms with Crippen molar-refractivity contribution in [2.24, 2.45) is 0 Å². The maximum atomic E-state index is 12.5. The number of esters is 1. The average Bonchev–Trinajstić information content (AvgIpc) is 2.65. The van der Waals surface area contributed by atoms with E-state index < -0.39 is 12.1 Å². The van der Waals surface area contributed by atoms with E-state index >= 15 is 0 Å². The molecule has 2 aromatic rings. The van der Waals surface area contributed by atoms with Crippen LogP contribution in [0.15, 0.2) is 54.6 Å². The van der Waals surface area contributed by atoms with Crippen LogP contribution in [0.25, 0.3) is 0 Å². The first-order chi connectivity index (χ1) is 12.5. The van der Waals surface area contributed by atoms with E-state index in [-0.39, 0.29) is 11.9 Å². The molecule has 136 valence electrons. The van der Waals surface area contributed by atoms with Gasteiger partial charge in [-0.2, -0.15) is 0 Å². The van der Waals surface area contributed by atoms with Crippen molar-refractivity contribution in [1.29, 1.82) is 0 Å². The van der Waals surface area contributed by atoms with Gasteiger partial charge in [-0.05, 0) is 37.7 Å². The molecule has 0 saturated carbocycles. The van der Waals surface area contributed by atoms with Gasteiger partial charge in [-0.25, -0.2) is 4.79 Å². The Morgan fingerprint density at radius 3 is 2.58 bits per heavy atom. The fraction of sp³-hybridized carbons (Fsp3) is 0.333. The van der Waals surface area contributed by atoms with Gasteiger partial charge in [0.25, 0.3) is 5.91 Å². The number of amides is 1. The van der Waals surface area contributed by atoms with E-state index in [1.807, 2.05) is 44.4 Å². The van der Waals surface area contributed by atoms with Gasteiger partial charge in [0.15, 0.2) is 6.10 Å². The van der Waals surface area contributed by atoms with Crippen LogP contribution in [-0.4, -0.2) is 49.6 Å². The zero-order chi connectivity index (χ0) is 18.5. The summed E-state index contributed by atoms with van der Waals surface area (Å²) in [6.07, 6.45) is 0.484.